The average Bonchev–Trinajstić information content (AvgIpc) is 3.32. The first-order valence-corrected chi connectivity index (χ1v) is 30.6. The zero-order valence-corrected chi connectivity index (χ0v) is 47.4. The Bertz CT molecular complexity index is 1390. The van der Waals surface area contributed by atoms with Gasteiger partial charge in [-0.15, -0.1) is 0 Å². The van der Waals surface area contributed by atoms with Crippen LogP contribution in [0.4, 0.5) is 0 Å². The van der Waals surface area contributed by atoms with Crippen LogP contribution in [-0.2, 0) is 27.9 Å². The number of nitrogens with one attached hydrogen (secondary N) is 1. The minimum Gasteiger partial charge on any atom is -0.756 e. The Balaban J connectivity index is 5.45. The molecule has 408 valence electrons. The number of rotatable bonds is 52. The van der Waals surface area contributed by atoms with Gasteiger partial charge in [-0.1, -0.05) is 236 Å². The molecule has 0 spiro atoms. The maximum absolute atomic E-state index is 13.5. The molecule has 1 amide bonds. The van der Waals surface area contributed by atoms with Gasteiger partial charge in [0.25, 0.3) is 7.82 Å². The Kier molecular flexibility index (Phi) is 48.6. The van der Waals surface area contributed by atoms with E-state index in [0.29, 0.717) is 17.4 Å². The molecule has 0 fully saturated rings. The Morgan fingerprint density at radius 2 is 0.886 bits per heavy atom. The van der Waals surface area contributed by atoms with Crippen molar-refractivity contribution in [2.24, 2.45) is 0 Å². The van der Waals surface area contributed by atoms with E-state index in [4.69, 9.17) is 13.8 Å². The lowest BCUT2D eigenvalue weighted by Crippen LogP contribution is -2.47. The highest BCUT2D eigenvalue weighted by Crippen LogP contribution is 2.38. The van der Waals surface area contributed by atoms with E-state index in [-0.39, 0.29) is 31.3 Å². The predicted molar refractivity (Wildman–Crippen MR) is 298 cm³/mol. The van der Waals surface area contributed by atoms with E-state index in [1.165, 1.54) is 154 Å². The summed E-state index contributed by atoms with van der Waals surface area (Å²) in [6.07, 6.45) is 61.9. The first kappa shape index (κ1) is 67.7. The Morgan fingerprint density at radius 3 is 1.36 bits per heavy atom. The number of carbonyl (C=O) groups excluding carboxylic acids is 2. The number of nitrogens with zero attached hydrogens (tertiary/aromatic N) is 1. The number of hydrogen-bond donors (Lipinski definition) is 1. The number of carbonyl (C=O) groups is 2. The van der Waals surface area contributed by atoms with Crippen LogP contribution in [0.5, 0.6) is 0 Å². The molecule has 3 atom stereocenters. The molecule has 0 aromatic heterocycles. The predicted octanol–water partition coefficient (Wildman–Crippen LogP) is 16.9. The second kappa shape index (κ2) is 50.3. The highest BCUT2D eigenvalue weighted by atomic mass is 31.2. The lowest BCUT2D eigenvalue weighted by molar-refractivity contribution is -0.870. The summed E-state index contributed by atoms with van der Waals surface area (Å²) in [7, 11) is 1.15. The minimum atomic E-state index is -4.71. The molecule has 0 aliphatic rings. The van der Waals surface area contributed by atoms with Gasteiger partial charge in [-0.3, -0.25) is 14.2 Å². The summed E-state index contributed by atoms with van der Waals surface area (Å²) >= 11 is 0. The van der Waals surface area contributed by atoms with Gasteiger partial charge in [-0.05, 0) is 70.3 Å². The van der Waals surface area contributed by atoms with Crippen LogP contribution in [0.15, 0.2) is 60.8 Å². The minimum absolute atomic E-state index is 0.0325. The van der Waals surface area contributed by atoms with Gasteiger partial charge in [0.2, 0.25) is 5.91 Å². The number of phosphoric ester groups is 1. The lowest BCUT2D eigenvalue weighted by atomic mass is 10.0. The average molecular weight is 1000 g/mol. The molecule has 10 heteroatoms. The van der Waals surface area contributed by atoms with E-state index in [9.17, 15) is 19.0 Å². The van der Waals surface area contributed by atoms with E-state index in [1.807, 2.05) is 33.3 Å². The summed E-state index contributed by atoms with van der Waals surface area (Å²) in [6, 6.07) is -0.915. The highest BCUT2D eigenvalue weighted by molar-refractivity contribution is 7.45. The van der Waals surface area contributed by atoms with Gasteiger partial charge >= 0.3 is 5.97 Å². The van der Waals surface area contributed by atoms with Crippen molar-refractivity contribution in [3.05, 3.63) is 60.8 Å². The quantitative estimate of drug-likeness (QED) is 0.0212. The lowest BCUT2D eigenvalue weighted by Gasteiger charge is -2.30. The highest BCUT2D eigenvalue weighted by Gasteiger charge is 2.27. The number of amides is 1. The molecule has 0 saturated heterocycles. The molecule has 1 N–H and O–H groups in total. The molecule has 0 rings (SSSR count). The first-order valence-electron chi connectivity index (χ1n) is 29.1. The molecule has 0 aromatic rings. The van der Waals surface area contributed by atoms with Crippen molar-refractivity contribution >= 4 is 19.7 Å². The number of hydrogen-bond acceptors (Lipinski definition) is 7. The number of phosphoric acid groups is 1. The van der Waals surface area contributed by atoms with Crippen molar-refractivity contribution in [3.8, 4) is 0 Å². The van der Waals surface area contributed by atoms with E-state index in [2.05, 4.69) is 74.7 Å². The van der Waals surface area contributed by atoms with Crippen LogP contribution < -0.4 is 10.2 Å². The molecular formula is C60H111N2O7P. The monoisotopic (exact) mass is 1000 g/mol. The third-order valence-corrected chi connectivity index (χ3v) is 13.7. The smallest absolute Gasteiger partial charge is 0.306 e. The fraction of sp³-hybridized carbons (Fsp3) is 0.800. The van der Waals surface area contributed by atoms with Crippen LogP contribution >= 0.6 is 7.82 Å². The van der Waals surface area contributed by atoms with Crippen molar-refractivity contribution in [2.45, 2.75) is 270 Å². The molecular weight excluding hydrogens is 892 g/mol. The van der Waals surface area contributed by atoms with Crippen molar-refractivity contribution in [1.29, 1.82) is 0 Å². The van der Waals surface area contributed by atoms with Gasteiger partial charge in [0.05, 0.1) is 33.8 Å². The van der Waals surface area contributed by atoms with E-state index < -0.39 is 26.6 Å². The fourth-order valence-electron chi connectivity index (χ4n) is 8.16. The van der Waals surface area contributed by atoms with E-state index in [0.717, 1.165) is 64.2 Å². The number of likely N-dealkylation sites (N-methyl/N-ethyl adjacent to an activating group) is 1. The van der Waals surface area contributed by atoms with Crippen LogP contribution in [0, 0.1) is 0 Å². The second-order valence-electron chi connectivity index (χ2n) is 20.8. The molecule has 0 saturated carbocycles. The molecule has 0 heterocycles. The van der Waals surface area contributed by atoms with Gasteiger partial charge in [0.15, 0.2) is 0 Å². The van der Waals surface area contributed by atoms with Gasteiger partial charge in [-0.25, -0.2) is 0 Å². The third kappa shape index (κ3) is 50.6. The SMILES string of the molecule is CCCCC/C=C\C/C=C\C/C=C\C/C=C\CCCC(=O)NC(COP(=O)([O-])OCC[N+](C)(C)C)C(/C=C/CCCCCCCCCCCCC)OC(=O)CCCCCCCCCCCCCCCC. The molecule has 0 radical (unpaired) electrons. The van der Waals surface area contributed by atoms with Crippen molar-refractivity contribution in [1.82, 2.24) is 5.32 Å². The Labute approximate surface area is 432 Å². The molecule has 0 bridgehead atoms. The van der Waals surface area contributed by atoms with Crippen LogP contribution in [0.25, 0.3) is 0 Å². The summed E-state index contributed by atoms with van der Waals surface area (Å²) < 4.78 is 30.2. The zero-order valence-electron chi connectivity index (χ0n) is 46.5. The summed E-state index contributed by atoms with van der Waals surface area (Å²) in [5.74, 6) is -0.601. The van der Waals surface area contributed by atoms with Crippen molar-refractivity contribution in [3.63, 3.8) is 0 Å². The largest absolute Gasteiger partial charge is 0.756 e. The molecule has 0 aliphatic heterocycles. The maximum atomic E-state index is 13.5. The van der Waals surface area contributed by atoms with Gasteiger partial charge in [0.1, 0.15) is 19.3 Å². The summed E-state index contributed by atoms with van der Waals surface area (Å²) in [4.78, 5) is 39.8. The fourth-order valence-corrected chi connectivity index (χ4v) is 8.88. The number of quaternary nitrogens is 1. The van der Waals surface area contributed by atoms with Crippen LogP contribution in [-0.4, -0.2) is 69.4 Å². The third-order valence-electron chi connectivity index (χ3n) is 12.7. The van der Waals surface area contributed by atoms with Crippen molar-refractivity contribution in [2.75, 3.05) is 40.9 Å². The van der Waals surface area contributed by atoms with Crippen molar-refractivity contribution < 1.29 is 37.3 Å². The second-order valence-corrected chi connectivity index (χ2v) is 22.2. The molecule has 9 nitrogen and oxygen atoms in total. The number of ether oxygens (including phenoxy) is 1. The zero-order chi connectivity index (χ0) is 51.5. The Morgan fingerprint density at radius 1 is 0.500 bits per heavy atom. The normalized spacial score (nSPS) is 14.2. The van der Waals surface area contributed by atoms with Gasteiger partial charge < -0.3 is 28.5 Å². The summed E-state index contributed by atoms with van der Waals surface area (Å²) in [5.41, 5.74) is 0. The number of allylic oxidation sites excluding steroid dienone is 9. The van der Waals surface area contributed by atoms with Gasteiger partial charge in [-0.2, -0.15) is 0 Å². The molecule has 70 heavy (non-hydrogen) atoms. The topological polar surface area (TPSA) is 114 Å². The number of esters is 1. The molecule has 0 aromatic carbocycles. The molecule has 0 aliphatic carbocycles. The summed E-state index contributed by atoms with van der Waals surface area (Å²) in [6.45, 7) is 6.78. The first-order chi connectivity index (χ1) is 33.9. The standard InChI is InChI=1S/C60H111N2O7P/c1-7-10-13-16-19-22-25-28-30-31-32-34-37-40-43-46-49-52-59(63)61-57(56-68-70(65,66)67-55-54-62(4,5)6)58(51-48-45-42-39-36-33-27-24-21-18-15-12-9-3)69-60(64)53-50-47-44-41-38-35-29-26-23-20-17-14-11-8-2/h19,22,28,30,32,34,40,43,48,51,57-58H,7-18,20-21,23-27,29,31,33,35-39,41-42,44-47,49-50,52-56H2,1-6H3,(H-,61,63,65,66)/b22-19-,30-28-,34-32-,43-40-,51-48+. The Hall–Kier alpha value is -2.29. The van der Waals surface area contributed by atoms with Gasteiger partial charge in [0, 0.05) is 12.8 Å². The van der Waals surface area contributed by atoms with E-state index in [1.54, 1.807) is 0 Å². The molecule has 3 unspecified atom stereocenters. The van der Waals surface area contributed by atoms with E-state index >= 15 is 0 Å². The van der Waals surface area contributed by atoms with Crippen LogP contribution in [0.2, 0.25) is 0 Å². The summed E-state index contributed by atoms with van der Waals surface area (Å²) in [5, 5.41) is 2.99. The maximum Gasteiger partial charge on any atom is 0.306 e. The van der Waals surface area contributed by atoms with Crippen LogP contribution in [0.1, 0.15) is 258 Å². The number of unbranched alkanes of at least 4 members (excludes halogenated alkanes) is 28. The van der Waals surface area contributed by atoms with Crippen LogP contribution in [0.3, 0.4) is 0 Å².